The molecule has 0 saturated heterocycles. The lowest BCUT2D eigenvalue weighted by molar-refractivity contribution is 0.102. The topological polar surface area (TPSA) is 73.4 Å². The van der Waals surface area contributed by atoms with Crippen LogP contribution in [0.5, 0.6) is 5.88 Å². The van der Waals surface area contributed by atoms with Crippen LogP contribution in [0.4, 0.5) is 4.79 Å². The highest BCUT2D eigenvalue weighted by Gasteiger charge is 2.27. The van der Waals surface area contributed by atoms with Crippen molar-refractivity contribution >= 4 is 17.1 Å². The molecule has 0 aliphatic heterocycles. The van der Waals surface area contributed by atoms with Crippen LogP contribution in [0.3, 0.4) is 0 Å². The van der Waals surface area contributed by atoms with Crippen molar-refractivity contribution in [2.75, 3.05) is 19.8 Å². The van der Waals surface area contributed by atoms with E-state index < -0.39 is 6.16 Å². The van der Waals surface area contributed by atoms with E-state index >= 15 is 0 Å². The largest absolute Gasteiger partial charge is 0.515 e. The Balaban J connectivity index is 1.96. The van der Waals surface area contributed by atoms with Crippen molar-refractivity contribution in [2.24, 2.45) is 0 Å². The minimum absolute atomic E-state index is 0.274. The molecule has 2 aromatic heterocycles. The number of nitrogens with zero attached hydrogens (tertiary/aromatic N) is 1. The number of hydrogen-bond donors (Lipinski definition) is 1. The number of aryl methyl sites for hydroxylation is 2. The summed E-state index contributed by atoms with van der Waals surface area (Å²) in [6.07, 6.45) is 5.33. The number of aromatic amines is 1. The van der Waals surface area contributed by atoms with Gasteiger partial charge in [0.1, 0.15) is 0 Å². The van der Waals surface area contributed by atoms with Crippen LogP contribution < -0.4 is 4.74 Å². The zero-order valence-corrected chi connectivity index (χ0v) is 15.2. The number of ether oxygens (including phenoxy) is 3. The normalized spacial score (nSPS) is 16.7. The molecule has 1 aliphatic rings. The number of H-pyrrole nitrogens is 1. The van der Waals surface area contributed by atoms with Gasteiger partial charge < -0.3 is 19.2 Å². The smallest absolute Gasteiger partial charge is 0.434 e. The molecule has 25 heavy (non-hydrogen) atoms. The van der Waals surface area contributed by atoms with Gasteiger partial charge in [-0.15, -0.1) is 0 Å². The number of rotatable bonds is 6. The summed E-state index contributed by atoms with van der Waals surface area (Å²) in [5.41, 5.74) is 4.40. The van der Waals surface area contributed by atoms with Crippen LogP contribution in [0.15, 0.2) is 6.20 Å². The molecule has 1 N–H and O–H groups in total. The number of nitrogens with one attached hydrogen (secondary N) is 1. The van der Waals surface area contributed by atoms with E-state index in [0.717, 1.165) is 55.4 Å². The van der Waals surface area contributed by atoms with Crippen LogP contribution in [0.1, 0.15) is 55.8 Å². The van der Waals surface area contributed by atoms with Crippen LogP contribution in [0.2, 0.25) is 0 Å². The molecule has 0 saturated carbocycles. The van der Waals surface area contributed by atoms with Crippen LogP contribution >= 0.6 is 0 Å². The van der Waals surface area contributed by atoms with Gasteiger partial charge in [-0.05, 0) is 45.1 Å². The van der Waals surface area contributed by atoms with Gasteiger partial charge in [0, 0.05) is 29.2 Å². The molecule has 0 bridgehead atoms. The first-order valence-electron chi connectivity index (χ1n) is 9.08. The van der Waals surface area contributed by atoms with E-state index in [1.54, 1.807) is 13.1 Å². The average Bonchev–Trinajstić information content (AvgIpc) is 2.98. The van der Waals surface area contributed by atoms with Crippen molar-refractivity contribution in [3.8, 4) is 5.88 Å². The number of carbonyl (C=O) groups excluding carboxylic acids is 1. The Morgan fingerprint density at radius 1 is 1.40 bits per heavy atom. The fraction of sp³-hybridized carbons (Fsp3) is 0.579. The average molecular weight is 346 g/mol. The molecule has 0 spiro atoms. The minimum atomic E-state index is -0.718. The van der Waals surface area contributed by atoms with E-state index in [-0.39, 0.29) is 6.61 Å². The van der Waals surface area contributed by atoms with Crippen molar-refractivity contribution in [1.29, 1.82) is 0 Å². The van der Waals surface area contributed by atoms with Gasteiger partial charge in [0.05, 0.1) is 24.9 Å². The highest BCUT2D eigenvalue weighted by molar-refractivity contribution is 5.89. The highest BCUT2D eigenvalue weighted by atomic mass is 16.7. The standard InChI is InChI=1S/C19H26N2O4/c1-4-9-23-11-13-7-6-8-14-17(13)16-12(3)18(20-10-15(16)21-14)25-19(22)24-5-2/h10,13,21H,4-9,11H2,1-3H3. The van der Waals surface area contributed by atoms with Gasteiger partial charge >= 0.3 is 6.16 Å². The van der Waals surface area contributed by atoms with E-state index in [2.05, 4.69) is 16.9 Å². The van der Waals surface area contributed by atoms with Gasteiger partial charge in [0.25, 0.3) is 0 Å². The van der Waals surface area contributed by atoms with Crippen molar-refractivity contribution < 1.29 is 19.0 Å². The molecule has 136 valence electrons. The number of aromatic nitrogens is 2. The third kappa shape index (κ3) is 3.63. The summed E-state index contributed by atoms with van der Waals surface area (Å²) in [6, 6.07) is 0. The molecular formula is C19H26N2O4. The Hall–Kier alpha value is -2.08. The van der Waals surface area contributed by atoms with Gasteiger partial charge in [-0.3, -0.25) is 0 Å². The van der Waals surface area contributed by atoms with E-state index in [9.17, 15) is 4.79 Å². The summed E-state index contributed by atoms with van der Waals surface area (Å²) < 4.78 is 16.0. The second-order valence-corrected chi connectivity index (χ2v) is 6.44. The van der Waals surface area contributed by atoms with Crippen LogP contribution in [0, 0.1) is 6.92 Å². The third-order valence-corrected chi connectivity index (χ3v) is 4.65. The first-order chi connectivity index (χ1) is 12.2. The Labute approximate surface area is 147 Å². The van der Waals surface area contributed by atoms with Gasteiger partial charge in [0.2, 0.25) is 5.88 Å². The molecule has 6 heteroatoms. The summed E-state index contributed by atoms with van der Waals surface area (Å²) in [5.74, 6) is 0.673. The molecule has 1 atom stereocenters. The maximum absolute atomic E-state index is 11.7. The Morgan fingerprint density at radius 2 is 2.24 bits per heavy atom. The number of pyridine rings is 1. The first kappa shape index (κ1) is 17.7. The molecular weight excluding hydrogens is 320 g/mol. The third-order valence-electron chi connectivity index (χ3n) is 4.65. The van der Waals surface area contributed by atoms with E-state index in [1.807, 2.05) is 6.92 Å². The maximum Gasteiger partial charge on any atom is 0.515 e. The zero-order chi connectivity index (χ0) is 17.8. The molecule has 0 amide bonds. The SMILES string of the molecule is CCCOCC1CCCc2[nH]c3cnc(OC(=O)OCC)c(C)c3c21. The second kappa shape index (κ2) is 7.87. The summed E-state index contributed by atoms with van der Waals surface area (Å²) in [6.45, 7) is 7.59. The maximum atomic E-state index is 11.7. The summed E-state index contributed by atoms with van der Waals surface area (Å²) in [4.78, 5) is 19.4. The predicted octanol–water partition coefficient (Wildman–Crippen LogP) is 4.25. The molecule has 0 radical (unpaired) electrons. The van der Waals surface area contributed by atoms with Crippen molar-refractivity contribution in [1.82, 2.24) is 9.97 Å². The minimum Gasteiger partial charge on any atom is -0.434 e. The fourth-order valence-corrected chi connectivity index (χ4v) is 3.60. The molecule has 3 rings (SSSR count). The van der Waals surface area contributed by atoms with E-state index in [0.29, 0.717) is 11.8 Å². The number of carbonyl (C=O) groups is 1. The molecule has 2 aromatic rings. The Morgan fingerprint density at radius 3 is 3.00 bits per heavy atom. The second-order valence-electron chi connectivity index (χ2n) is 6.44. The lowest BCUT2D eigenvalue weighted by Crippen LogP contribution is -2.15. The van der Waals surface area contributed by atoms with Gasteiger partial charge in [-0.25, -0.2) is 9.78 Å². The predicted molar refractivity (Wildman–Crippen MR) is 95.3 cm³/mol. The van der Waals surface area contributed by atoms with Gasteiger partial charge in [-0.1, -0.05) is 6.92 Å². The zero-order valence-electron chi connectivity index (χ0n) is 15.2. The lowest BCUT2D eigenvalue weighted by Gasteiger charge is -2.23. The van der Waals surface area contributed by atoms with Crippen molar-refractivity contribution in [3.63, 3.8) is 0 Å². The lowest BCUT2D eigenvalue weighted by atomic mass is 9.85. The van der Waals surface area contributed by atoms with Crippen LogP contribution in [0.25, 0.3) is 10.9 Å². The van der Waals surface area contributed by atoms with Crippen molar-refractivity contribution in [2.45, 2.75) is 52.4 Å². The van der Waals surface area contributed by atoms with Crippen LogP contribution in [-0.2, 0) is 15.9 Å². The molecule has 6 nitrogen and oxygen atoms in total. The number of hydrogen-bond acceptors (Lipinski definition) is 5. The molecule has 0 fully saturated rings. The molecule has 1 aliphatic carbocycles. The Bertz CT molecular complexity index is 753. The first-order valence-corrected chi connectivity index (χ1v) is 9.08. The molecule has 2 heterocycles. The monoisotopic (exact) mass is 346 g/mol. The summed E-state index contributed by atoms with van der Waals surface area (Å²) >= 11 is 0. The summed E-state index contributed by atoms with van der Waals surface area (Å²) in [5, 5.41) is 1.11. The summed E-state index contributed by atoms with van der Waals surface area (Å²) in [7, 11) is 0. The van der Waals surface area contributed by atoms with E-state index in [4.69, 9.17) is 14.2 Å². The van der Waals surface area contributed by atoms with Gasteiger partial charge in [0.15, 0.2) is 0 Å². The molecule has 0 aromatic carbocycles. The van der Waals surface area contributed by atoms with Gasteiger partial charge in [-0.2, -0.15) is 0 Å². The van der Waals surface area contributed by atoms with E-state index in [1.165, 1.54) is 11.3 Å². The number of fused-ring (bicyclic) bond motifs is 3. The van der Waals surface area contributed by atoms with Crippen molar-refractivity contribution in [3.05, 3.63) is 23.0 Å². The Kier molecular flexibility index (Phi) is 5.58. The van der Waals surface area contributed by atoms with Crippen LogP contribution in [-0.4, -0.2) is 35.9 Å². The highest BCUT2D eigenvalue weighted by Crippen LogP contribution is 2.40. The molecule has 1 unspecified atom stereocenters. The quantitative estimate of drug-likeness (QED) is 0.625. The fourth-order valence-electron chi connectivity index (χ4n) is 3.60.